The lowest BCUT2D eigenvalue weighted by Crippen LogP contribution is -2.06. The van der Waals surface area contributed by atoms with Crippen LogP contribution in [-0.4, -0.2) is 16.0 Å². The van der Waals surface area contributed by atoms with Crippen LogP contribution in [0.3, 0.4) is 0 Å². The standard InChI is InChI=1S/C13H15F2N3S/c1-3-10-17-11(16-7-4-5-7)8-6-9(13(2,14)15)19-12(8)18-10/h6-7H,3-5H2,1-2H3,(H,16,17,18). The fourth-order valence-electron chi connectivity index (χ4n) is 1.87. The molecule has 1 fully saturated rings. The summed E-state index contributed by atoms with van der Waals surface area (Å²) in [5.41, 5.74) is 0. The average molecular weight is 283 g/mol. The van der Waals surface area contributed by atoms with E-state index in [4.69, 9.17) is 0 Å². The van der Waals surface area contributed by atoms with E-state index in [1.807, 2.05) is 6.92 Å². The van der Waals surface area contributed by atoms with Crippen LogP contribution in [0.4, 0.5) is 14.6 Å². The van der Waals surface area contributed by atoms with E-state index in [2.05, 4.69) is 15.3 Å². The Morgan fingerprint density at radius 2 is 2.16 bits per heavy atom. The van der Waals surface area contributed by atoms with E-state index in [1.54, 1.807) is 0 Å². The predicted molar refractivity (Wildman–Crippen MR) is 73.0 cm³/mol. The average Bonchev–Trinajstić information content (AvgIpc) is 3.03. The Morgan fingerprint density at radius 1 is 1.42 bits per heavy atom. The monoisotopic (exact) mass is 283 g/mol. The Morgan fingerprint density at radius 3 is 2.74 bits per heavy atom. The molecule has 102 valence electrons. The number of nitrogens with one attached hydrogen (secondary N) is 1. The minimum absolute atomic E-state index is 0.0453. The third kappa shape index (κ3) is 2.54. The van der Waals surface area contributed by atoms with Crippen LogP contribution in [0, 0.1) is 0 Å². The molecule has 19 heavy (non-hydrogen) atoms. The number of thiophene rings is 1. The summed E-state index contributed by atoms with van der Waals surface area (Å²) in [5, 5.41) is 4.02. The van der Waals surface area contributed by atoms with E-state index < -0.39 is 5.92 Å². The highest BCUT2D eigenvalue weighted by atomic mass is 32.1. The van der Waals surface area contributed by atoms with Crippen LogP contribution in [0.1, 0.15) is 37.4 Å². The van der Waals surface area contributed by atoms with Crippen LogP contribution in [0.5, 0.6) is 0 Å². The van der Waals surface area contributed by atoms with E-state index in [1.165, 1.54) is 6.07 Å². The van der Waals surface area contributed by atoms with Gasteiger partial charge in [-0.05, 0) is 18.9 Å². The highest BCUT2D eigenvalue weighted by Crippen LogP contribution is 2.39. The van der Waals surface area contributed by atoms with Gasteiger partial charge in [0.15, 0.2) is 0 Å². The fourth-order valence-corrected chi connectivity index (χ4v) is 2.85. The number of aryl methyl sites for hydroxylation is 1. The van der Waals surface area contributed by atoms with Crippen LogP contribution in [0.2, 0.25) is 0 Å². The summed E-state index contributed by atoms with van der Waals surface area (Å²) in [5.74, 6) is -1.42. The lowest BCUT2D eigenvalue weighted by molar-refractivity contribution is 0.0216. The van der Waals surface area contributed by atoms with Gasteiger partial charge in [0.05, 0.1) is 10.3 Å². The van der Waals surface area contributed by atoms with Crippen molar-refractivity contribution in [2.75, 3.05) is 5.32 Å². The fraction of sp³-hybridized carbons (Fsp3) is 0.538. The first-order valence-electron chi connectivity index (χ1n) is 6.42. The largest absolute Gasteiger partial charge is 0.367 e. The van der Waals surface area contributed by atoms with Crippen molar-refractivity contribution in [3.63, 3.8) is 0 Å². The van der Waals surface area contributed by atoms with E-state index in [0.717, 1.165) is 31.1 Å². The summed E-state index contributed by atoms with van der Waals surface area (Å²) in [6.45, 7) is 2.88. The smallest absolute Gasteiger partial charge is 0.279 e. The molecule has 0 amide bonds. The Labute approximate surface area is 114 Å². The summed E-state index contributed by atoms with van der Waals surface area (Å²) >= 11 is 1.05. The number of hydrogen-bond donors (Lipinski definition) is 1. The molecule has 2 aromatic rings. The van der Waals surface area contributed by atoms with E-state index in [9.17, 15) is 8.78 Å². The molecule has 0 aliphatic heterocycles. The number of nitrogens with zero attached hydrogens (tertiary/aromatic N) is 2. The topological polar surface area (TPSA) is 37.8 Å². The molecule has 0 bridgehead atoms. The second kappa shape index (κ2) is 4.37. The molecule has 0 aromatic carbocycles. The van der Waals surface area contributed by atoms with Crippen LogP contribution >= 0.6 is 11.3 Å². The molecule has 6 heteroatoms. The molecule has 3 rings (SSSR count). The van der Waals surface area contributed by atoms with Crippen molar-refractivity contribution in [1.29, 1.82) is 0 Å². The highest BCUT2D eigenvalue weighted by molar-refractivity contribution is 7.18. The second-order valence-electron chi connectivity index (χ2n) is 4.98. The summed E-state index contributed by atoms with van der Waals surface area (Å²) in [4.78, 5) is 9.47. The maximum Gasteiger partial charge on any atom is 0.279 e. The van der Waals surface area contributed by atoms with Crippen LogP contribution < -0.4 is 5.32 Å². The summed E-state index contributed by atoms with van der Waals surface area (Å²) in [6.07, 6.45) is 2.94. The van der Waals surface area contributed by atoms with Crippen molar-refractivity contribution >= 4 is 27.4 Å². The van der Waals surface area contributed by atoms with Crippen molar-refractivity contribution in [2.24, 2.45) is 0 Å². The van der Waals surface area contributed by atoms with Gasteiger partial charge >= 0.3 is 0 Å². The van der Waals surface area contributed by atoms with Gasteiger partial charge in [-0.3, -0.25) is 0 Å². The molecule has 0 atom stereocenters. The van der Waals surface area contributed by atoms with Crippen molar-refractivity contribution in [2.45, 2.75) is 45.1 Å². The maximum atomic E-state index is 13.4. The zero-order valence-corrected chi connectivity index (χ0v) is 11.7. The number of alkyl halides is 2. The molecule has 1 saturated carbocycles. The molecular weight excluding hydrogens is 268 g/mol. The lowest BCUT2D eigenvalue weighted by atomic mass is 10.2. The minimum Gasteiger partial charge on any atom is -0.367 e. The van der Waals surface area contributed by atoms with E-state index >= 15 is 0 Å². The van der Waals surface area contributed by atoms with E-state index in [-0.39, 0.29) is 4.88 Å². The second-order valence-corrected chi connectivity index (χ2v) is 6.01. The Balaban J connectivity index is 2.12. The molecule has 1 aliphatic rings. The summed E-state index contributed by atoms with van der Waals surface area (Å²) in [6, 6.07) is 1.96. The normalized spacial score (nSPS) is 16.0. The molecule has 2 aromatic heterocycles. The number of anilines is 1. The van der Waals surface area contributed by atoms with Gasteiger partial charge in [-0.25, -0.2) is 18.7 Å². The number of hydrogen-bond acceptors (Lipinski definition) is 4. The van der Waals surface area contributed by atoms with Gasteiger partial charge in [0.25, 0.3) is 5.92 Å². The van der Waals surface area contributed by atoms with Gasteiger partial charge in [0.1, 0.15) is 16.5 Å². The van der Waals surface area contributed by atoms with E-state index in [0.29, 0.717) is 34.3 Å². The number of fused-ring (bicyclic) bond motifs is 1. The Hall–Kier alpha value is -1.30. The summed E-state index contributed by atoms with van der Waals surface area (Å²) in [7, 11) is 0. The number of aromatic nitrogens is 2. The molecule has 0 unspecified atom stereocenters. The van der Waals surface area contributed by atoms with Gasteiger partial charge < -0.3 is 5.32 Å². The third-order valence-electron chi connectivity index (χ3n) is 3.11. The first kappa shape index (κ1) is 12.7. The van der Waals surface area contributed by atoms with Crippen LogP contribution in [0.15, 0.2) is 6.07 Å². The third-order valence-corrected chi connectivity index (χ3v) is 4.31. The minimum atomic E-state index is -2.82. The SMILES string of the molecule is CCc1nc(NC2CC2)c2cc(C(C)(F)F)sc2n1. The molecule has 1 N–H and O–H groups in total. The molecule has 3 nitrogen and oxygen atoms in total. The maximum absolute atomic E-state index is 13.4. The zero-order valence-electron chi connectivity index (χ0n) is 10.8. The van der Waals surface area contributed by atoms with Crippen LogP contribution in [0.25, 0.3) is 10.2 Å². The van der Waals surface area contributed by atoms with Crippen molar-refractivity contribution in [3.05, 3.63) is 16.8 Å². The zero-order chi connectivity index (χ0) is 13.6. The van der Waals surface area contributed by atoms with Crippen molar-refractivity contribution in [1.82, 2.24) is 9.97 Å². The Kier molecular flexibility index (Phi) is 2.92. The van der Waals surface area contributed by atoms with Crippen molar-refractivity contribution < 1.29 is 8.78 Å². The molecule has 0 spiro atoms. The van der Waals surface area contributed by atoms with Gasteiger partial charge in [-0.15, -0.1) is 11.3 Å². The quantitative estimate of drug-likeness (QED) is 0.923. The van der Waals surface area contributed by atoms with Gasteiger partial charge in [-0.2, -0.15) is 0 Å². The highest BCUT2D eigenvalue weighted by Gasteiger charge is 2.29. The molecule has 0 radical (unpaired) electrons. The molecule has 0 saturated heterocycles. The number of rotatable bonds is 4. The Bertz CT molecular complexity index is 614. The van der Waals surface area contributed by atoms with Gasteiger partial charge in [0.2, 0.25) is 0 Å². The lowest BCUT2D eigenvalue weighted by Gasteiger charge is -2.06. The molecule has 2 heterocycles. The van der Waals surface area contributed by atoms with Gasteiger partial charge in [0, 0.05) is 19.4 Å². The summed E-state index contributed by atoms with van der Waals surface area (Å²) < 4.78 is 26.8. The molecular formula is C13H15F2N3S. The van der Waals surface area contributed by atoms with Crippen molar-refractivity contribution in [3.8, 4) is 0 Å². The molecule has 1 aliphatic carbocycles. The number of halogens is 2. The predicted octanol–water partition coefficient (Wildman–Crippen LogP) is 3.94. The van der Waals surface area contributed by atoms with Crippen LogP contribution in [-0.2, 0) is 12.3 Å². The van der Waals surface area contributed by atoms with Gasteiger partial charge in [-0.1, -0.05) is 6.92 Å². The first-order chi connectivity index (χ1) is 8.97. The first-order valence-corrected chi connectivity index (χ1v) is 7.24.